The maximum absolute atomic E-state index is 10.5. The van der Waals surface area contributed by atoms with E-state index in [1.54, 1.807) is 24.3 Å². The Morgan fingerprint density at radius 1 is 1.24 bits per heavy atom. The summed E-state index contributed by atoms with van der Waals surface area (Å²) in [6.07, 6.45) is 4.96. The summed E-state index contributed by atoms with van der Waals surface area (Å²) in [6, 6.07) is 6.04. The van der Waals surface area contributed by atoms with Crippen LogP contribution in [0, 0.1) is 10.1 Å². The second-order valence-electron chi connectivity index (χ2n) is 3.54. The van der Waals surface area contributed by atoms with Crippen LogP contribution in [0.4, 0.5) is 5.69 Å². The molecule has 0 aliphatic rings. The minimum Gasteiger partial charge on any atom is -0.490 e. The minimum absolute atomic E-state index is 0.0218. The topological polar surface area (TPSA) is 52.4 Å². The molecule has 0 saturated heterocycles. The van der Waals surface area contributed by atoms with Crippen LogP contribution in [0.15, 0.2) is 49.6 Å². The minimum atomic E-state index is -0.436. The van der Waals surface area contributed by atoms with Crippen molar-refractivity contribution in [3.8, 4) is 5.75 Å². The number of benzene rings is 1. The van der Waals surface area contributed by atoms with Gasteiger partial charge in [0.25, 0.3) is 5.69 Å². The molecule has 1 aromatic rings. The van der Waals surface area contributed by atoms with E-state index in [1.165, 1.54) is 12.1 Å². The molecule has 0 heterocycles. The molecule has 0 aliphatic heterocycles. The number of nitrogens with zero attached hydrogens (tertiary/aromatic N) is 1. The molecule has 0 aromatic heterocycles. The summed E-state index contributed by atoms with van der Waals surface area (Å²) < 4.78 is 5.66. The number of nitro groups is 1. The second kappa shape index (κ2) is 6.48. The van der Waals surface area contributed by atoms with Crippen LogP contribution in [0.5, 0.6) is 5.75 Å². The van der Waals surface area contributed by atoms with E-state index in [0.29, 0.717) is 18.6 Å². The van der Waals surface area contributed by atoms with Gasteiger partial charge < -0.3 is 4.74 Å². The summed E-state index contributed by atoms with van der Waals surface area (Å²) in [5.41, 5.74) is 0.0568. The van der Waals surface area contributed by atoms with E-state index in [-0.39, 0.29) is 11.8 Å². The van der Waals surface area contributed by atoms with Gasteiger partial charge in [-0.15, -0.1) is 13.2 Å². The summed E-state index contributed by atoms with van der Waals surface area (Å²) in [7, 11) is 0. The van der Waals surface area contributed by atoms with Gasteiger partial charge in [-0.25, -0.2) is 0 Å². The molecule has 4 nitrogen and oxygen atoms in total. The van der Waals surface area contributed by atoms with Crippen molar-refractivity contribution in [1.82, 2.24) is 0 Å². The summed E-state index contributed by atoms with van der Waals surface area (Å²) in [5, 5.41) is 10.5. The van der Waals surface area contributed by atoms with Crippen molar-refractivity contribution in [1.29, 1.82) is 0 Å². The van der Waals surface area contributed by atoms with Gasteiger partial charge in [0.1, 0.15) is 11.9 Å². The van der Waals surface area contributed by atoms with Crippen molar-refractivity contribution in [3.63, 3.8) is 0 Å². The van der Waals surface area contributed by atoms with E-state index in [4.69, 9.17) is 4.74 Å². The highest BCUT2D eigenvalue weighted by atomic mass is 16.6. The Hall–Kier alpha value is -2.10. The molecule has 1 rings (SSSR count). The highest BCUT2D eigenvalue weighted by Gasteiger charge is 2.09. The SMILES string of the molecule is C=CCC(CC=C)Oc1ccc([N+](=O)[O-])cc1. The molecule has 0 aliphatic carbocycles. The fourth-order valence-corrected chi connectivity index (χ4v) is 1.40. The van der Waals surface area contributed by atoms with Gasteiger partial charge in [0.15, 0.2) is 0 Å². The maximum Gasteiger partial charge on any atom is 0.269 e. The Kier molecular flexibility index (Phi) is 4.94. The molecule has 0 amide bonds. The highest BCUT2D eigenvalue weighted by Crippen LogP contribution is 2.20. The van der Waals surface area contributed by atoms with Crippen LogP contribution in [0.1, 0.15) is 12.8 Å². The van der Waals surface area contributed by atoms with E-state index < -0.39 is 4.92 Å². The Morgan fingerprint density at radius 3 is 2.18 bits per heavy atom. The molecule has 0 bridgehead atoms. The lowest BCUT2D eigenvalue weighted by atomic mass is 10.2. The number of nitro benzene ring substituents is 1. The zero-order valence-electron chi connectivity index (χ0n) is 9.54. The first kappa shape index (κ1) is 13.0. The lowest BCUT2D eigenvalue weighted by Gasteiger charge is -2.15. The quantitative estimate of drug-likeness (QED) is 0.411. The summed E-state index contributed by atoms with van der Waals surface area (Å²) >= 11 is 0. The molecular formula is C13H15NO3. The molecule has 0 fully saturated rings. The predicted molar refractivity (Wildman–Crippen MR) is 67.1 cm³/mol. The lowest BCUT2D eigenvalue weighted by Crippen LogP contribution is -2.14. The molecular weight excluding hydrogens is 218 g/mol. The molecule has 90 valence electrons. The lowest BCUT2D eigenvalue weighted by molar-refractivity contribution is -0.384. The third kappa shape index (κ3) is 4.10. The summed E-state index contributed by atoms with van der Waals surface area (Å²) in [6.45, 7) is 7.32. The molecule has 1 aromatic carbocycles. The third-order valence-corrected chi connectivity index (χ3v) is 2.21. The summed E-state index contributed by atoms with van der Waals surface area (Å²) in [5.74, 6) is 0.615. The molecule has 0 N–H and O–H groups in total. The van der Waals surface area contributed by atoms with Crippen LogP contribution >= 0.6 is 0 Å². The van der Waals surface area contributed by atoms with E-state index in [9.17, 15) is 10.1 Å². The van der Waals surface area contributed by atoms with Crippen LogP contribution in [0.25, 0.3) is 0 Å². The molecule has 0 saturated carbocycles. The van der Waals surface area contributed by atoms with E-state index >= 15 is 0 Å². The maximum atomic E-state index is 10.5. The fourth-order valence-electron chi connectivity index (χ4n) is 1.40. The van der Waals surface area contributed by atoms with E-state index in [2.05, 4.69) is 13.2 Å². The van der Waals surface area contributed by atoms with Gasteiger partial charge in [0.05, 0.1) is 4.92 Å². The standard InChI is InChI=1S/C13H15NO3/c1-3-5-12(6-4-2)17-13-9-7-11(8-10-13)14(15)16/h3-4,7-10,12H,1-2,5-6H2. The first-order valence-corrected chi connectivity index (χ1v) is 5.30. The average Bonchev–Trinajstić information content (AvgIpc) is 2.30. The van der Waals surface area contributed by atoms with Gasteiger partial charge in [-0.05, 0) is 12.1 Å². The number of hydrogen-bond donors (Lipinski definition) is 0. The largest absolute Gasteiger partial charge is 0.490 e. The van der Waals surface area contributed by atoms with Gasteiger partial charge >= 0.3 is 0 Å². The smallest absolute Gasteiger partial charge is 0.269 e. The Morgan fingerprint density at radius 2 is 1.76 bits per heavy atom. The van der Waals surface area contributed by atoms with Gasteiger partial charge in [0, 0.05) is 25.0 Å². The van der Waals surface area contributed by atoms with Crippen molar-refractivity contribution < 1.29 is 9.66 Å². The number of non-ortho nitro benzene ring substituents is 1. The van der Waals surface area contributed by atoms with Crippen molar-refractivity contribution in [2.75, 3.05) is 0 Å². The monoisotopic (exact) mass is 233 g/mol. The number of ether oxygens (including phenoxy) is 1. The zero-order valence-corrected chi connectivity index (χ0v) is 9.54. The molecule has 0 radical (unpaired) electrons. The fraction of sp³-hybridized carbons (Fsp3) is 0.231. The van der Waals surface area contributed by atoms with Crippen LogP contribution in [-0.2, 0) is 0 Å². The average molecular weight is 233 g/mol. The van der Waals surface area contributed by atoms with Gasteiger partial charge in [-0.2, -0.15) is 0 Å². The Balaban J connectivity index is 2.68. The summed E-state index contributed by atoms with van der Waals surface area (Å²) in [4.78, 5) is 10.0. The molecule has 17 heavy (non-hydrogen) atoms. The molecule has 0 spiro atoms. The van der Waals surface area contributed by atoms with Gasteiger partial charge in [0.2, 0.25) is 0 Å². The zero-order chi connectivity index (χ0) is 12.7. The normalized spacial score (nSPS) is 9.94. The highest BCUT2D eigenvalue weighted by molar-refractivity contribution is 5.36. The van der Waals surface area contributed by atoms with Crippen molar-refractivity contribution >= 4 is 5.69 Å². The van der Waals surface area contributed by atoms with Gasteiger partial charge in [-0.1, -0.05) is 12.2 Å². The van der Waals surface area contributed by atoms with E-state index in [0.717, 1.165) is 0 Å². The van der Waals surface area contributed by atoms with Crippen molar-refractivity contribution in [2.24, 2.45) is 0 Å². The Labute approximate surface area is 100 Å². The third-order valence-electron chi connectivity index (χ3n) is 2.21. The van der Waals surface area contributed by atoms with Crippen molar-refractivity contribution in [2.45, 2.75) is 18.9 Å². The molecule has 4 heteroatoms. The van der Waals surface area contributed by atoms with Gasteiger partial charge in [-0.3, -0.25) is 10.1 Å². The van der Waals surface area contributed by atoms with Crippen LogP contribution in [0.3, 0.4) is 0 Å². The Bertz CT molecular complexity index is 388. The van der Waals surface area contributed by atoms with E-state index in [1.807, 2.05) is 0 Å². The van der Waals surface area contributed by atoms with Crippen molar-refractivity contribution in [3.05, 3.63) is 59.7 Å². The molecule has 0 unspecified atom stereocenters. The van der Waals surface area contributed by atoms with Crippen LogP contribution in [-0.4, -0.2) is 11.0 Å². The molecule has 0 atom stereocenters. The second-order valence-corrected chi connectivity index (χ2v) is 3.54. The number of hydrogen-bond acceptors (Lipinski definition) is 3. The first-order valence-electron chi connectivity index (χ1n) is 5.30. The predicted octanol–water partition coefficient (Wildman–Crippen LogP) is 3.49. The first-order chi connectivity index (χ1) is 8.17. The van der Waals surface area contributed by atoms with Crippen LogP contribution in [0.2, 0.25) is 0 Å². The number of rotatable bonds is 7. The van der Waals surface area contributed by atoms with Crippen LogP contribution < -0.4 is 4.74 Å².